The van der Waals surface area contributed by atoms with E-state index in [2.05, 4.69) is 62.5 Å². The second-order valence-electron chi connectivity index (χ2n) is 16.2. The summed E-state index contributed by atoms with van der Waals surface area (Å²) in [6.45, 7) is 6.33. The Hall–Kier alpha value is -1.92. The van der Waals surface area contributed by atoms with Gasteiger partial charge in [-0.05, 0) is 44.9 Å². The predicted molar refractivity (Wildman–Crippen MR) is 236 cm³/mol. The molecule has 0 aliphatic heterocycles. The SMILES string of the molecule is CC/C=C/C=C/C=C/CCCCCCCC(CC(=O)NC(CO)C(O)CCCCCCCCCCC)OC(=O)CCCCCCCCCCCCCCCC. The van der Waals surface area contributed by atoms with Crippen LogP contribution in [-0.4, -0.2) is 46.9 Å². The van der Waals surface area contributed by atoms with Gasteiger partial charge in [-0.15, -0.1) is 0 Å². The molecule has 1 amide bonds. The highest BCUT2D eigenvalue weighted by atomic mass is 16.5. The lowest BCUT2D eigenvalue weighted by molar-refractivity contribution is -0.151. The zero-order valence-corrected chi connectivity index (χ0v) is 36.6. The van der Waals surface area contributed by atoms with E-state index in [9.17, 15) is 19.8 Å². The lowest BCUT2D eigenvalue weighted by atomic mass is 10.0. The summed E-state index contributed by atoms with van der Waals surface area (Å²) in [5.41, 5.74) is 0. The Balaban J connectivity index is 4.60. The van der Waals surface area contributed by atoms with Crippen LogP contribution in [-0.2, 0) is 14.3 Å². The van der Waals surface area contributed by atoms with Crippen molar-refractivity contribution in [2.75, 3.05) is 6.61 Å². The van der Waals surface area contributed by atoms with Crippen molar-refractivity contribution in [2.24, 2.45) is 0 Å². The van der Waals surface area contributed by atoms with Gasteiger partial charge in [-0.1, -0.05) is 218 Å². The van der Waals surface area contributed by atoms with E-state index in [0.29, 0.717) is 19.3 Å². The average Bonchev–Trinajstić information content (AvgIpc) is 3.18. The normalized spacial score (nSPS) is 13.6. The first kappa shape index (κ1) is 53.1. The van der Waals surface area contributed by atoms with Gasteiger partial charge in [0.1, 0.15) is 6.10 Å². The standard InChI is InChI=1S/C49H91NO5/c1-4-7-10-13-16-19-21-23-25-27-30-33-36-39-42-49(54)55-45(40-37-34-31-29-26-24-22-20-17-14-11-8-5-2)43-48(53)50-46(44-51)47(52)41-38-35-32-28-18-15-12-9-6-3/h8,11,14,17,20,22,45-47,51-52H,4-7,9-10,12-13,15-16,18-19,21,23-44H2,1-3H3,(H,50,53)/b11-8+,17-14+,22-20+. The van der Waals surface area contributed by atoms with Crippen molar-refractivity contribution in [3.63, 3.8) is 0 Å². The maximum atomic E-state index is 13.1. The number of amides is 1. The number of unbranched alkanes of at least 4 members (excludes halogenated alkanes) is 26. The molecule has 0 fully saturated rings. The summed E-state index contributed by atoms with van der Waals surface area (Å²) in [6.07, 6.45) is 49.2. The summed E-state index contributed by atoms with van der Waals surface area (Å²) >= 11 is 0. The first-order valence-corrected chi connectivity index (χ1v) is 23.7. The number of carbonyl (C=O) groups is 2. The highest BCUT2D eigenvalue weighted by Crippen LogP contribution is 2.18. The van der Waals surface area contributed by atoms with Crippen LogP contribution in [0.3, 0.4) is 0 Å². The molecule has 0 aliphatic rings. The Morgan fingerprint density at radius 3 is 1.47 bits per heavy atom. The molecule has 3 atom stereocenters. The van der Waals surface area contributed by atoms with Crippen LogP contribution < -0.4 is 5.32 Å². The smallest absolute Gasteiger partial charge is 0.306 e. The summed E-state index contributed by atoms with van der Waals surface area (Å²) in [4.78, 5) is 26.0. The first-order valence-electron chi connectivity index (χ1n) is 23.7. The monoisotopic (exact) mass is 774 g/mol. The van der Waals surface area contributed by atoms with Gasteiger partial charge in [-0.25, -0.2) is 0 Å². The van der Waals surface area contributed by atoms with Crippen LogP contribution in [0.5, 0.6) is 0 Å². The number of rotatable bonds is 42. The number of esters is 1. The third kappa shape index (κ3) is 38.7. The van der Waals surface area contributed by atoms with Crippen LogP contribution >= 0.6 is 0 Å². The molecule has 0 saturated heterocycles. The molecule has 0 radical (unpaired) electrons. The number of allylic oxidation sites excluding steroid dienone is 6. The average molecular weight is 774 g/mol. The number of aliphatic hydroxyl groups excluding tert-OH is 2. The topological polar surface area (TPSA) is 95.9 Å². The van der Waals surface area contributed by atoms with Crippen molar-refractivity contribution in [2.45, 2.75) is 257 Å². The number of nitrogens with one attached hydrogen (secondary N) is 1. The minimum Gasteiger partial charge on any atom is -0.462 e. The van der Waals surface area contributed by atoms with Crippen molar-refractivity contribution in [3.05, 3.63) is 36.5 Å². The van der Waals surface area contributed by atoms with E-state index in [1.165, 1.54) is 109 Å². The third-order valence-electron chi connectivity index (χ3n) is 10.8. The van der Waals surface area contributed by atoms with Crippen molar-refractivity contribution in [1.29, 1.82) is 0 Å². The third-order valence-corrected chi connectivity index (χ3v) is 10.8. The van der Waals surface area contributed by atoms with Crippen LogP contribution in [0, 0.1) is 0 Å². The minimum atomic E-state index is -0.788. The zero-order chi connectivity index (χ0) is 40.3. The van der Waals surface area contributed by atoms with Crippen LogP contribution in [0.4, 0.5) is 0 Å². The molecule has 0 rings (SSSR count). The van der Waals surface area contributed by atoms with Crippen molar-refractivity contribution in [1.82, 2.24) is 5.32 Å². The van der Waals surface area contributed by atoms with Gasteiger partial charge in [0.25, 0.3) is 0 Å². The fraction of sp³-hybridized carbons (Fsp3) is 0.837. The Morgan fingerprint density at radius 1 is 0.545 bits per heavy atom. The number of hydrogen-bond donors (Lipinski definition) is 3. The molecule has 55 heavy (non-hydrogen) atoms. The van der Waals surface area contributed by atoms with Gasteiger partial charge in [0, 0.05) is 6.42 Å². The van der Waals surface area contributed by atoms with Crippen molar-refractivity contribution in [3.8, 4) is 0 Å². The van der Waals surface area contributed by atoms with Gasteiger partial charge in [0.2, 0.25) is 5.91 Å². The largest absolute Gasteiger partial charge is 0.462 e. The molecule has 0 bridgehead atoms. The van der Waals surface area contributed by atoms with E-state index < -0.39 is 18.2 Å². The first-order chi connectivity index (χ1) is 27.0. The number of ether oxygens (including phenoxy) is 1. The van der Waals surface area contributed by atoms with Gasteiger partial charge >= 0.3 is 5.97 Å². The molecule has 0 aromatic rings. The minimum absolute atomic E-state index is 0.0670. The highest BCUT2D eigenvalue weighted by molar-refractivity contribution is 5.77. The molecule has 0 saturated carbocycles. The zero-order valence-electron chi connectivity index (χ0n) is 36.6. The van der Waals surface area contributed by atoms with E-state index in [0.717, 1.165) is 83.5 Å². The molecule has 0 heterocycles. The van der Waals surface area contributed by atoms with Gasteiger partial charge < -0.3 is 20.3 Å². The Morgan fingerprint density at radius 2 is 0.982 bits per heavy atom. The number of aliphatic hydroxyl groups is 2. The van der Waals surface area contributed by atoms with Crippen LogP contribution in [0.2, 0.25) is 0 Å². The van der Waals surface area contributed by atoms with E-state index in [1.54, 1.807) is 0 Å². The van der Waals surface area contributed by atoms with Crippen molar-refractivity contribution >= 4 is 11.9 Å². The van der Waals surface area contributed by atoms with Crippen LogP contribution in [0.15, 0.2) is 36.5 Å². The Kier molecular flexibility index (Phi) is 41.7. The molecule has 6 heteroatoms. The summed E-state index contributed by atoms with van der Waals surface area (Å²) in [6, 6.07) is -0.703. The summed E-state index contributed by atoms with van der Waals surface area (Å²) in [7, 11) is 0. The van der Waals surface area contributed by atoms with E-state index in [-0.39, 0.29) is 24.9 Å². The quantitative estimate of drug-likeness (QED) is 0.0326. The fourth-order valence-electron chi connectivity index (χ4n) is 7.19. The van der Waals surface area contributed by atoms with Crippen LogP contribution in [0.1, 0.15) is 239 Å². The van der Waals surface area contributed by atoms with E-state index in [4.69, 9.17) is 4.74 Å². The molecular formula is C49H91NO5. The van der Waals surface area contributed by atoms with Gasteiger partial charge in [0.15, 0.2) is 0 Å². The number of hydrogen-bond acceptors (Lipinski definition) is 5. The van der Waals surface area contributed by atoms with E-state index in [1.807, 2.05) is 0 Å². The van der Waals surface area contributed by atoms with E-state index >= 15 is 0 Å². The highest BCUT2D eigenvalue weighted by Gasteiger charge is 2.24. The van der Waals surface area contributed by atoms with Crippen molar-refractivity contribution < 1.29 is 24.5 Å². The van der Waals surface area contributed by atoms with Crippen LogP contribution in [0.25, 0.3) is 0 Å². The molecule has 322 valence electrons. The van der Waals surface area contributed by atoms with Gasteiger partial charge in [-0.3, -0.25) is 9.59 Å². The second kappa shape index (κ2) is 43.2. The predicted octanol–water partition coefficient (Wildman–Crippen LogP) is 13.7. The molecule has 0 aromatic heterocycles. The maximum absolute atomic E-state index is 13.1. The Bertz CT molecular complexity index is 915. The Labute approximate surface area is 341 Å². The lowest BCUT2D eigenvalue weighted by Gasteiger charge is -2.24. The molecule has 3 N–H and O–H groups in total. The summed E-state index contributed by atoms with van der Waals surface area (Å²) in [5.74, 6) is -0.489. The van der Waals surface area contributed by atoms with Gasteiger partial charge in [0.05, 0.1) is 25.2 Å². The molecule has 3 unspecified atom stereocenters. The molecule has 0 spiro atoms. The molecule has 0 aliphatic carbocycles. The summed E-state index contributed by atoms with van der Waals surface area (Å²) < 4.78 is 5.91. The molecule has 0 aromatic carbocycles. The molecule has 6 nitrogen and oxygen atoms in total. The fourth-order valence-corrected chi connectivity index (χ4v) is 7.19. The molecular weight excluding hydrogens is 683 g/mol. The maximum Gasteiger partial charge on any atom is 0.306 e. The van der Waals surface area contributed by atoms with Gasteiger partial charge in [-0.2, -0.15) is 0 Å². The summed E-state index contributed by atoms with van der Waals surface area (Å²) in [5, 5.41) is 23.6. The lowest BCUT2D eigenvalue weighted by Crippen LogP contribution is -2.46. The second-order valence-corrected chi connectivity index (χ2v) is 16.2. The number of carbonyl (C=O) groups excluding carboxylic acids is 2.